The Morgan fingerprint density at radius 3 is 2.14 bits per heavy atom. The van der Waals surface area contributed by atoms with Crippen molar-refractivity contribution in [3.05, 3.63) is 72.6 Å². The minimum absolute atomic E-state index is 0.164. The lowest BCUT2D eigenvalue weighted by atomic mass is 10.0. The van der Waals surface area contributed by atoms with Crippen molar-refractivity contribution < 1.29 is 14.7 Å². The fraction of sp³-hybridized carbons (Fsp3) is 0.217. The van der Waals surface area contributed by atoms with Crippen LogP contribution in [0.4, 0.5) is 0 Å². The molecule has 0 unspecified atom stereocenters. The summed E-state index contributed by atoms with van der Waals surface area (Å²) in [7, 11) is 0. The third-order valence-corrected chi connectivity index (χ3v) is 5.13. The first kappa shape index (κ1) is 18.8. The zero-order chi connectivity index (χ0) is 20.2. The predicted octanol–water partition coefficient (Wildman–Crippen LogP) is 3.89. The summed E-state index contributed by atoms with van der Waals surface area (Å²) < 4.78 is 0. The molecule has 1 aromatic heterocycles. The number of aromatic nitrogens is 2. The van der Waals surface area contributed by atoms with E-state index in [-0.39, 0.29) is 11.6 Å². The quantitative estimate of drug-likeness (QED) is 0.734. The number of likely N-dealkylation sites (tertiary alicyclic amines) is 1. The smallest absolute Gasteiger partial charge is 0.326 e. The van der Waals surface area contributed by atoms with Crippen molar-refractivity contribution in [2.24, 2.45) is 0 Å². The summed E-state index contributed by atoms with van der Waals surface area (Å²) >= 11 is 0. The third-order valence-electron chi connectivity index (χ3n) is 5.13. The first-order valence-corrected chi connectivity index (χ1v) is 9.67. The third kappa shape index (κ3) is 3.87. The van der Waals surface area contributed by atoms with E-state index in [1.807, 2.05) is 60.7 Å². The zero-order valence-corrected chi connectivity index (χ0v) is 15.9. The molecule has 1 N–H and O–H groups in total. The summed E-state index contributed by atoms with van der Waals surface area (Å²) in [4.78, 5) is 35.3. The van der Waals surface area contributed by atoms with Gasteiger partial charge in [0.2, 0.25) is 0 Å². The maximum absolute atomic E-state index is 13.1. The van der Waals surface area contributed by atoms with Crippen LogP contribution in [0.5, 0.6) is 0 Å². The van der Waals surface area contributed by atoms with Crippen molar-refractivity contribution >= 4 is 11.9 Å². The number of benzene rings is 2. The van der Waals surface area contributed by atoms with E-state index in [1.165, 1.54) is 11.1 Å². The van der Waals surface area contributed by atoms with Crippen molar-refractivity contribution in [3.63, 3.8) is 0 Å². The van der Waals surface area contributed by atoms with Crippen LogP contribution in [0.2, 0.25) is 0 Å². The largest absolute Gasteiger partial charge is 0.480 e. The molecule has 0 spiro atoms. The van der Waals surface area contributed by atoms with Crippen molar-refractivity contribution in [2.45, 2.75) is 25.3 Å². The highest BCUT2D eigenvalue weighted by Crippen LogP contribution is 2.29. The number of carbonyl (C=O) groups excluding carboxylic acids is 1. The number of nitrogens with zero attached hydrogens (tertiary/aromatic N) is 3. The molecule has 0 aliphatic carbocycles. The van der Waals surface area contributed by atoms with Crippen LogP contribution >= 0.6 is 0 Å². The summed E-state index contributed by atoms with van der Waals surface area (Å²) in [5, 5.41) is 9.50. The van der Waals surface area contributed by atoms with Gasteiger partial charge in [-0.15, -0.1) is 0 Å². The molecule has 3 aromatic rings. The molecule has 29 heavy (non-hydrogen) atoms. The van der Waals surface area contributed by atoms with Crippen LogP contribution in [-0.2, 0) is 4.79 Å². The Labute approximate surface area is 168 Å². The Kier molecular flexibility index (Phi) is 5.33. The van der Waals surface area contributed by atoms with E-state index in [0.29, 0.717) is 24.4 Å². The molecule has 0 radical (unpaired) electrons. The second-order valence-electron chi connectivity index (χ2n) is 7.03. The Morgan fingerprint density at radius 1 is 0.897 bits per heavy atom. The zero-order valence-electron chi connectivity index (χ0n) is 15.9. The Balaban J connectivity index is 1.78. The van der Waals surface area contributed by atoms with E-state index in [2.05, 4.69) is 9.97 Å². The minimum atomic E-state index is -0.977. The predicted molar refractivity (Wildman–Crippen MR) is 109 cm³/mol. The summed E-state index contributed by atoms with van der Waals surface area (Å²) in [6.07, 6.45) is 3.50. The molecule has 1 aliphatic rings. The number of carboxylic acid groups (broad SMARTS) is 1. The highest BCUT2D eigenvalue weighted by Gasteiger charge is 2.33. The van der Waals surface area contributed by atoms with Gasteiger partial charge in [-0.05, 0) is 19.3 Å². The van der Waals surface area contributed by atoms with Crippen LogP contribution in [0.3, 0.4) is 0 Å². The van der Waals surface area contributed by atoms with Crippen LogP contribution in [-0.4, -0.2) is 44.4 Å². The van der Waals surface area contributed by atoms with Gasteiger partial charge in [-0.25, -0.2) is 9.78 Å². The van der Waals surface area contributed by atoms with Gasteiger partial charge in [-0.1, -0.05) is 60.7 Å². The number of carbonyl (C=O) groups is 2. The van der Waals surface area contributed by atoms with Crippen molar-refractivity contribution in [2.75, 3.05) is 6.54 Å². The van der Waals surface area contributed by atoms with Gasteiger partial charge in [0.1, 0.15) is 11.7 Å². The molecule has 1 amide bonds. The lowest BCUT2D eigenvalue weighted by Gasteiger charge is -2.32. The second kappa shape index (κ2) is 8.22. The van der Waals surface area contributed by atoms with Gasteiger partial charge in [0.15, 0.2) is 0 Å². The molecule has 1 atom stereocenters. The lowest BCUT2D eigenvalue weighted by Crippen LogP contribution is -2.48. The van der Waals surface area contributed by atoms with Crippen LogP contribution in [0.15, 0.2) is 66.9 Å². The molecule has 1 fully saturated rings. The van der Waals surface area contributed by atoms with E-state index < -0.39 is 12.0 Å². The van der Waals surface area contributed by atoms with E-state index in [9.17, 15) is 14.7 Å². The van der Waals surface area contributed by atoms with Crippen LogP contribution < -0.4 is 0 Å². The molecular weight excluding hydrogens is 366 g/mol. The monoisotopic (exact) mass is 387 g/mol. The molecule has 146 valence electrons. The van der Waals surface area contributed by atoms with Gasteiger partial charge < -0.3 is 10.0 Å². The molecule has 1 saturated heterocycles. The first-order valence-electron chi connectivity index (χ1n) is 9.67. The molecular formula is C23H21N3O3. The Bertz CT molecular complexity index is 1020. The summed E-state index contributed by atoms with van der Waals surface area (Å²) in [5.74, 6) is -1.36. The van der Waals surface area contributed by atoms with E-state index in [0.717, 1.165) is 24.0 Å². The van der Waals surface area contributed by atoms with Crippen molar-refractivity contribution in [3.8, 4) is 22.5 Å². The van der Waals surface area contributed by atoms with Crippen molar-refractivity contribution in [1.29, 1.82) is 0 Å². The highest BCUT2D eigenvalue weighted by molar-refractivity contribution is 5.96. The number of piperidine rings is 1. The molecule has 6 heteroatoms. The van der Waals surface area contributed by atoms with Gasteiger partial charge in [0.25, 0.3) is 5.91 Å². The maximum Gasteiger partial charge on any atom is 0.326 e. The van der Waals surface area contributed by atoms with E-state index in [1.54, 1.807) is 0 Å². The van der Waals surface area contributed by atoms with Crippen LogP contribution in [0, 0.1) is 0 Å². The number of carboxylic acids is 1. The maximum atomic E-state index is 13.1. The normalized spacial score (nSPS) is 16.4. The summed E-state index contributed by atoms with van der Waals surface area (Å²) in [6, 6.07) is 18.4. The molecule has 2 heterocycles. The molecule has 0 saturated carbocycles. The van der Waals surface area contributed by atoms with Gasteiger partial charge in [-0.2, -0.15) is 0 Å². The number of hydrogen-bond acceptors (Lipinski definition) is 4. The molecule has 0 bridgehead atoms. The fourth-order valence-electron chi connectivity index (χ4n) is 3.68. The molecule has 6 nitrogen and oxygen atoms in total. The second-order valence-corrected chi connectivity index (χ2v) is 7.03. The van der Waals surface area contributed by atoms with Crippen LogP contribution in [0.25, 0.3) is 22.5 Å². The Hall–Kier alpha value is -3.54. The average molecular weight is 387 g/mol. The van der Waals surface area contributed by atoms with Gasteiger partial charge in [-0.3, -0.25) is 9.78 Å². The summed E-state index contributed by atoms with van der Waals surface area (Å²) in [5.41, 5.74) is 3.20. The minimum Gasteiger partial charge on any atom is -0.480 e. The van der Waals surface area contributed by atoms with Gasteiger partial charge in [0, 0.05) is 17.7 Å². The topological polar surface area (TPSA) is 83.4 Å². The number of hydrogen-bond donors (Lipinski definition) is 1. The molecule has 2 aromatic carbocycles. The van der Waals surface area contributed by atoms with Gasteiger partial charge >= 0.3 is 5.97 Å². The van der Waals surface area contributed by atoms with Crippen LogP contribution in [0.1, 0.15) is 29.8 Å². The average Bonchev–Trinajstić information content (AvgIpc) is 2.79. The SMILES string of the molecule is O=C(O)[C@H]1CCCCN1C(=O)c1cnc(-c2ccccc2)c(-c2ccccc2)n1. The molecule has 4 rings (SSSR count). The van der Waals surface area contributed by atoms with Crippen molar-refractivity contribution in [1.82, 2.24) is 14.9 Å². The molecule has 1 aliphatic heterocycles. The Morgan fingerprint density at radius 2 is 1.52 bits per heavy atom. The van der Waals surface area contributed by atoms with Gasteiger partial charge in [0.05, 0.1) is 17.6 Å². The number of aliphatic carboxylic acids is 1. The summed E-state index contributed by atoms with van der Waals surface area (Å²) in [6.45, 7) is 0.415. The standard InChI is InChI=1S/C23H21N3O3/c27-22(26-14-8-7-13-19(26)23(28)29)18-15-24-20(16-9-3-1-4-10-16)21(25-18)17-11-5-2-6-12-17/h1-6,9-12,15,19H,7-8,13-14H2,(H,28,29)/t19-/m1/s1. The number of rotatable bonds is 4. The lowest BCUT2D eigenvalue weighted by molar-refractivity contribution is -0.143. The van der Waals surface area contributed by atoms with E-state index in [4.69, 9.17) is 0 Å². The highest BCUT2D eigenvalue weighted by atomic mass is 16.4. The number of amides is 1. The fourth-order valence-corrected chi connectivity index (χ4v) is 3.68. The first-order chi connectivity index (χ1) is 14.1. The van der Waals surface area contributed by atoms with E-state index >= 15 is 0 Å².